The Morgan fingerprint density at radius 1 is 1.05 bits per heavy atom. The third-order valence-corrected chi connectivity index (χ3v) is 3.79. The maximum atomic E-state index is 5.99. The van der Waals surface area contributed by atoms with Crippen molar-refractivity contribution in [1.82, 2.24) is 10.6 Å². The summed E-state index contributed by atoms with van der Waals surface area (Å²) >= 11 is 0. The van der Waals surface area contributed by atoms with Gasteiger partial charge in [0.15, 0.2) is 5.96 Å². The molecular formula is C16H34IN3O. The fourth-order valence-electron chi connectivity index (χ4n) is 2.56. The first-order chi connectivity index (χ1) is 9.86. The molecular weight excluding hydrogens is 377 g/mol. The molecule has 0 radical (unpaired) electrons. The van der Waals surface area contributed by atoms with Crippen LogP contribution in [0.3, 0.4) is 0 Å². The van der Waals surface area contributed by atoms with Gasteiger partial charge in [0.25, 0.3) is 0 Å². The van der Waals surface area contributed by atoms with Crippen molar-refractivity contribution in [3.8, 4) is 0 Å². The minimum atomic E-state index is 0. The van der Waals surface area contributed by atoms with E-state index in [-0.39, 0.29) is 24.0 Å². The number of ether oxygens (including phenoxy) is 1. The van der Waals surface area contributed by atoms with Gasteiger partial charge in [0, 0.05) is 26.7 Å². The van der Waals surface area contributed by atoms with Gasteiger partial charge in [-0.1, -0.05) is 32.6 Å². The van der Waals surface area contributed by atoms with E-state index in [4.69, 9.17) is 4.74 Å². The molecule has 1 aliphatic carbocycles. The first-order valence-corrected chi connectivity index (χ1v) is 8.43. The molecule has 0 bridgehead atoms. The number of nitrogens with zero attached hydrogens (tertiary/aromatic N) is 1. The summed E-state index contributed by atoms with van der Waals surface area (Å²) in [6.07, 6.45) is 12.0. The maximum absolute atomic E-state index is 5.99. The van der Waals surface area contributed by atoms with Crippen LogP contribution in [0.5, 0.6) is 0 Å². The third kappa shape index (κ3) is 11.2. The van der Waals surface area contributed by atoms with E-state index < -0.39 is 0 Å². The van der Waals surface area contributed by atoms with Crippen molar-refractivity contribution >= 4 is 29.9 Å². The predicted octanol–water partition coefficient (Wildman–Crippen LogP) is 3.70. The molecule has 1 saturated carbocycles. The van der Waals surface area contributed by atoms with Crippen LogP contribution in [0.15, 0.2) is 4.99 Å². The summed E-state index contributed by atoms with van der Waals surface area (Å²) in [5.74, 6) is 0.913. The number of nitrogens with one attached hydrogen (secondary N) is 2. The minimum absolute atomic E-state index is 0. The van der Waals surface area contributed by atoms with Crippen LogP contribution in [0.4, 0.5) is 0 Å². The molecule has 1 fully saturated rings. The van der Waals surface area contributed by atoms with E-state index in [0.717, 1.165) is 44.9 Å². The zero-order valence-corrected chi connectivity index (χ0v) is 16.2. The molecule has 4 nitrogen and oxygen atoms in total. The zero-order chi connectivity index (χ0) is 14.5. The first-order valence-electron chi connectivity index (χ1n) is 8.43. The lowest BCUT2D eigenvalue weighted by molar-refractivity contribution is 0.0411. The Morgan fingerprint density at radius 3 is 2.33 bits per heavy atom. The number of guanidine groups is 1. The van der Waals surface area contributed by atoms with Crippen LogP contribution in [0.25, 0.3) is 0 Å². The summed E-state index contributed by atoms with van der Waals surface area (Å²) in [6.45, 7) is 5.01. The van der Waals surface area contributed by atoms with Crippen molar-refractivity contribution in [3.05, 3.63) is 0 Å². The Labute approximate surface area is 147 Å². The quantitative estimate of drug-likeness (QED) is 0.211. The lowest BCUT2D eigenvalue weighted by Gasteiger charge is -2.15. The Morgan fingerprint density at radius 2 is 1.71 bits per heavy atom. The van der Waals surface area contributed by atoms with Gasteiger partial charge in [0.2, 0.25) is 0 Å². The summed E-state index contributed by atoms with van der Waals surface area (Å²) in [6, 6.07) is 0. The van der Waals surface area contributed by atoms with Crippen molar-refractivity contribution in [2.45, 2.75) is 70.8 Å². The smallest absolute Gasteiger partial charge is 0.190 e. The molecule has 5 heteroatoms. The number of rotatable bonds is 8. The van der Waals surface area contributed by atoms with E-state index in [1.807, 2.05) is 7.05 Å². The van der Waals surface area contributed by atoms with Crippen LogP contribution in [0.1, 0.15) is 64.7 Å². The molecule has 0 heterocycles. The zero-order valence-electron chi connectivity index (χ0n) is 13.8. The lowest BCUT2D eigenvalue weighted by Crippen LogP contribution is -2.38. The number of unbranched alkanes of at least 4 members (excludes halogenated alkanes) is 1. The standard InChI is InChI=1S/C16H33N3O.HI/c1-3-12-18-16(17-2)19-13-8-9-14-20-15-10-6-4-5-7-11-15;/h15H,3-14H2,1-2H3,(H2,17,18,19);1H. The van der Waals surface area contributed by atoms with Crippen molar-refractivity contribution in [1.29, 1.82) is 0 Å². The van der Waals surface area contributed by atoms with E-state index in [1.54, 1.807) is 0 Å². The van der Waals surface area contributed by atoms with Crippen molar-refractivity contribution in [2.24, 2.45) is 4.99 Å². The van der Waals surface area contributed by atoms with E-state index in [1.165, 1.54) is 38.5 Å². The van der Waals surface area contributed by atoms with Crippen molar-refractivity contribution in [3.63, 3.8) is 0 Å². The van der Waals surface area contributed by atoms with Gasteiger partial charge >= 0.3 is 0 Å². The molecule has 0 atom stereocenters. The monoisotopic (exact) mass is 411 g/mol. The Balaban J connectivity index is 0.00000400. The highest BCUT2D eigenvalue weighted by atomic mass is 127. The van der Waals surface area contributed by atoms with Crippen LogP contribution in [-0.4, -0.2) is 38.8 Å². The summed E-state index contributed by atoms with van der Waals surface area (Å²) in [5.41, 5.74) is 0. The van der Waals surface area contributed by atoms with Crippen molar-refractivity contribution in [2.75, 3.05) is 26.7 Å². The average molecular weight is 411 g/mol. The highest BCUT2D eigenvalue weighted by Crippen LogP contribution is 2.19. The molecule has 0 unspecified atom stereocenters. The molecule has 0 aromatic carbocycles. The Kier molecular flexibility index (Phi) is 14.9. The van der Waals surface area contributed by atoms with Gasteiger partial charge in [0.1, 0.15) is 0 Å². The number of halogens is 1. The lowest BCUT2D eigenvalue weighted by atomic mass is 10.1. The molecule has 1 aliphatic rings. The largest absolute Gasteiger partial charge is 0.378 e. The highest BCUT2D eigenvalue weighted by Gasteiger charge is 2.11. The number of hydrogen-bond donors (Lipinski definition) is 2. The van der Waals surface area contributed by atoms with Gasteiger partial charge in [-0.3, -0.25) is 4.99 Å². The van der Waals surface area contributed by atoms with Gasteiger partial charge in [-0.15, -0.1) is 24.0 Å². The number of hydrogen-bond acceptors (Lipinski definition) is 2. The highest BCUT2D eigenvalue weighted by molar-refractivity contribution is 14.0. The van der Waals surface area contributed by atoms with Crippen molar-refractivity contribution < 1.29 is 4.74 Å². The van der Waals surface area contributed by atoms with Crippen LogP contribution < -0.4 is 10.6 Å². The molecule has 126 valence electrons. The summed E-state index contributed by atoms with van der Waals surface area (Å²) < 4.78 is 5.99. The molecule has 21 heavy (non-hydrogen) atoms. The van der Waals surface area contributed by atoms with E-state index in [2.05, 4.69) is 22.5 Å². The molecule has 1 rings (SSSR count). The fraction of sp³-hybridized carbons (Fsp3) is 0.938. The number of aliphatic imine (C=N–C) groups is 1. The van der Waals surface area contributed by atoms with Gasteiger partial charge in [-0.05, 0) is 32.1 Å². The third-order valence-electron chi connectivity index (χ3n) is 3.79. The summed E-state index contributed by atoms with van der Waals surface area (Å²) in [7, 11) is 1.82. The average Bonchev–Trinajstić information content (AvgIpc) is 2.74. The second kappa shape index (κ2) is 14.9. The summed E-state index contributed by atoms with van der Waals surface area (Å²) in [5, 5.41) is 6.61. The van der Waals surface area contributed by atoms with Crippen LogP contribution in [0.2, 0.25) is 0 Å². The Bertz CT molecular complexity index is 254. The first kappa shape index (κ1) is 21.0. The van der Waals surface area contributed by atoms with Crippen LogP contribution in [0, 0.1) is 0 Å². The summed E-state index contributed by atoms with van der Waals surface area (Å²) in [4.78, 5) is 4.19. The van der Waals surface area contributed by atoms with E-state index in [0.29, 0.717) is 6.10 Å². The molecule has 2 N–H and O–H groups in total. The molecule has 0 aromatic heterocycles. The molecule has 0 saturated heterocycles. The molecule has 0 amide bonds. The van der Waals surface area contributed by atoms with Gasteiger partial charge in [0.05, 0.1) is 6.10 Å². The van der Waals surface area contributed by atoms with E-state index >= 15 is 0 Å². The van der Waals surface area contributed by atoms with Crippen LogP contribution >= 0.6 is 24.0 Å². The minimum Gasteiger partial charge on any atom is -0.378 e. The Hall–Kier alpha value is -0.0400. The van der Waals surface area contributed by atoms with Gasteiger partial charge in [-0.25, -0.2) is 0 Å². The van der Waals surface area contributed by atoms with Gasteiger partial charge < -0.3 is 15.4 Å². The fourth-order valence-corrected chi connectivity index (χ4v) is 2.56. The second-order valence-electron chi connectivity index (χ2n) is 5.62. The molecule has 0 aromatic rings. The normalized spacial score (nSPS) is 17.0. The maximum Gasteiger partial charge on any atom is 0.190 e. The molecule has 0 spiro atoms. The topological polar surface area (TPSA) is 45.7 Å². The van der Waals surface area contributed by atoms with Crippen LogP contribution in [-0.2, 0) is 4.74 Å². The SMILES string of the molecule is CCCNC(=NC)NCCCCOC1CCCCCC1.I. The molecule has 0 aliphatic heterocycles. The predicted molar refractivity (Wildman–Crippen MR) is 102 cm³/mol. The van der Waals surface area contributed by atoms with E-state index in [9.17, 15) is 0 Å². The van der Waals surface area contributed by atoms with Gasteiger partial charge in [-0.2, -0.15) is 0 Å². The second-order valence-corrected chi connectivity index (χ2v) is 5.62.